The van der Waals surface area contributed by atoms with Gasteiger partial charge in [0.25, 0.3) is 0 Å². The fourth-order valence-electron chi connectivity index (χ4n) is 4.72. The number of carbonyl (C=O) groups is 2. The number of fused-ring (bicyclic) bond motifs is 1. The Balaban J connectivity index is 1.57. The van der Waals surface area contributed by atoms with E-state index in [1.165, 1.54) is 6.33 Å². The standard InChI is InChI=1S/C27H35ClN6O3/c1-5-6-21(18-7-9-19(28)10-8-18)32-24(35)27(33-25(36)37-26(2,3)4)12-15-34(16-13-27)23-20-11-14-29-22(20)30-17-31-23/h7-11,14,17,21H,5-6,12-13,15-16H2,1-4H3,(H,32,35)(H,33,36)(H,29,30,31). The Morgan fingerprint density at radius 3 is 2.51 bits per heavy atom. The van der Waals surface area contributed by atoms with Crippen LogP contribution in [0.4, 0.5) is 10.6 Å². The number of aromatic nitrogens is 3. The molecule has 1 atom stereocenters. The van der Waals surface area contributed by atoms with Crippen LogP contribution in [0.1, 0.15) is 65.0 Å². The van der Waals surface area contributed by atoms with Crippen molar-refractivity contribution in [2.75, 3.05) is 18.0 Å². The highest BCUT2D eigenvalue weighted by Crippen LogP contribution is 2.31. The van der Waals surface area contributed by atoms with Crippen molar-refractivity contribution >= 4 is 40.5 Å². The highest BCUT2D eigenvalue weighted by Gasteiger charge is 2.44. The smallest absolute Gasteiger partial charge is 0.408 e. The van der Waals surface area contributed by atoms with E-state index >= 15 is 0 Å². The fraction of sp³-hybridized carbons (Fsp3) is 0.481. The van der Waals surface area contributed by atoms with E-state index in [-0.39, 0.29) is 11.9 Å². The predicted octanol–water partition coefficient (Wildman–Crippen LogP) is 5.13. The average Bonchev–Trinajstić information content (AvgIpc) is 3.33. The fourth-order valence-corrected chi connectivity index (χ4v) is 4.85. The van der Waals surface area contributed by atoms with Gasteiger partial charge in [-0.2, -0.15) is 0 Å². The van der Waals surface area contributed by atoms with Crippen molar-refractivity contribution in [2.24, 2.45) is 0 Å². The number of rotatable bonds is 7. The molecule has 0 aliphatic carbocycles. The second-order valence-corrected chi connectivity index (χ2v) is 10.9. The van der Waals surface area contributed by atoms with Gasteiger partial charge in [-0.1, -0.05) is 37.1 Å². The number of piperidine rings is 1. The molecule has 4 rings (SSSR count). The number of aromatic amines is 1. The SMILES string of the molecule is CCCC(NC(=O)C1(NC(=O)OC(C)(C)C)CCN(c2ncnc3[nH]ccc23)CC1)c1ccc(Cl)cc1. The molecule has 37 heavy (non-hydrogen) atoms. The lowest BCUT2D eigenvalue weighted by Crippen LogP contribution is -2.64. The van der Waals surface area contributed by atoms with Gasteiger partial charge in [-0.15, -0.1) is 0 Å². The molecule has 198 valence electrons. The molecule has 1 unspecified atom stereocenters. The molecule has 3 N–H and O–H groups in total. The van der Waals surface area contributed by atoms with Crippen LogP contribution in [0.15, 0.2) is 42.9 Å². The third-order valence-corrected chi connectivity index (χ3v) is 6.83. The summed E-state index contributed by atoms with van der Waals surface area (Å²) in [7, 11) is 0. The lowest BCUT2D eigenvalue weighted by molar-refractivity contribution is -0.129. The number of benzene rings is 1. The summed E-state index contributed by atoms with van der Waals surface area (Å²) < 4.78 is 5.54. The zero-order valence-corrected chi connectivity index (χ0v) is 22.6. The van der Waals surface area contributed by atoms with Crippen molar-refractivity contribution < 1.29 is 14.3 Å². The Kier molecular flexibility index (Phi) is 7.92. The van der Waals surface area contributed by atoms with E-state index in [1.807, 2.05) is 36.5 Å². The maximum absolute atomic E-state index is 13.9. The molecule has 3 aromatic rings. The molecule has 1 aliphatic rings. The second kappa shape index (κ2) is 11.0. The number of ether oxygens (including phenoxy) is 1. The molecular formula is C27H35ClN6O3. The van der Waals surface area contributed by atoms with Gasteiger partial charge in [-0.25, -0.2) is 14.8 Å². The maximum atomic E-state index is 13.9. The van der Waals surface area contributed by atoms with Crippen LogP contribution in [-0.2, 0) is 9.53 Å². The van der Waals surface area contributed by atoms with Crippen molar-refractivity contribution in [3.8, 4) is 0 Å². The summed E-state index contributed by atoms with van der Waals surface area (Å²) in [5.74, 6) is 0.587. The molecule has 0 radical (unpaired) electrons. The summed E-state index contributed by atoms with van der Waals surface area (Å²) in [6, 6.07) is 9.24. The van der Waals surface area contributed by atoms with Crippen LogP contribution in [0.25, 0.3) is 11.0 Å². The van der Waals surface area contributed by atoms with Crippen LogP contribution in [0.2, 0.25) is 5.02 Å². The summed E-state index contributed by atoms with van der Waals surface area (Å²) >= 11 is 6.08. The molecule has 0 saturated carbocycles. The first-order valence-corrected chi connectivity index (χ1v) is 13.1. The zero-order chi connectivity index (χ0) is 26.6. The third-order valence-electron chi connectivity index (χ3n) is 6.58. The predicted molar refractivity (Wildman–Crippen MR) is 145 cm³/mol. The summed E-state index contributed by atoms with van der Waals surface area (Å²) in [6.45, 7) is 8.54. The number of amides is 2. The number of nitrogens with one attached hydrogen (secondary N) is 3. The van der Waals surface area contributed by atoms with Gasteiger partial charge in [0.1, 0.15) is 28.9 Å². The summed E-state index contributed by atoms with van der Waals surface area (Å²) in [4.78, 5) is 40.8. The quantitative estimate of drug-likeness (QED) is 0.393. The number of hydrogen-bond donors (Lipinski definition) is 3. The van der Waals surface area contributed by atoms with Crippen LogP contribution in [0.5, 0.6) is 0 Å². The Morgan fingerprint density at radius 1 is 1.16 bits per heavy atom. The van der Waals surface area contributed by atoms with Gasteiger partial charge in [-0.05, 0) is 63.8 Å². The van der Waals surface area contributed by atoms with Gasteiger partial charge in [0.2, 0.25) is 5.91 Å². The number of anilines is 1. The average molecular weight is 527 g/mol. The molecule has 1 saturated heterocycles. The van der Waals surface area contributed by atoms with Gasteiger partial charge in [-0.3, -0.25) is 4.79 Å². The van der Waals surface area contributed by atoms with E-state index in [2.05, 4.69) is 37.4 Å². The highest BCUT2D eigenvalue weighted by atomic mass is 35.5. The Bertz CT molecular complexity index is 1230. The molecule has 2 amide bonds. The third kappa shape index (κ3) is 6.33. The summed E-state index contributed by atoms with van der Waals surface area (Å²) in [6.07, 6.45) is 5.19. The molecule has 0 spiro atoms. The van der Waals surface area contributed by atoms with E-state index < -0.39 is 17.2 Å². The van der Waals surface area contributed by atoms with Gasteiger partial charge >= 0.3 is 6.09 Å². The minimum absolute atomic E-state index is 0.202. The first-order chi connectivity index (χ1) is 17.6. The summed E-state index contributed by atoms with van der Waals surface area (Å²) in [5.41, 5.74) is -0.0732. The van der Waals surface area contributed by atoms with Crippen LogP contribution < -0.4 is 15.5 Å². The van der Waals surface area contributed by atoms with Crippen molar-refractivity contribution in [1.82, 2.24) is 25.6 Å². The van der Waals surface area contributed by atoms with E-state index in [4.69, 9.17) is 16.3 Å². The van der Waals surface area contributed by atoms with Gasteiger partial charge < -0.3 is 25.3 Å². The Hall–Kier alpha value is -3.33. The van der Waals surface area contributed by atoms with Gasteiger partial charge in [0.05, 0.1) is 11.4 Å². The van der Waals surface area contributed by atoms with Crippen molar-refractivity contribution in [3.05, 3.63) is 53.4 Å². The van der Waals surface area contributed by atoms with Crippen molar-refractivity contribution in [2.45, 2.75) is 70.6 Å². The van der Waals surface area contributed by atoms with E-state index in [0.29, 0.717) is 31.0 Å². The number of halogens is 1. The Labute approximate surface area is 222 Å². The molecule has 1 aromatic carbocycles. The van der Waals surface area contributed by atoms with E-state index in [1.54, 1.807) is 20.8 Å². The maximum Gasteiger partial charge on any atom is 0.408 e. The van der Waals surface area contributed by atoms with Crippen LogP contribution >= 0.6 is 11.6 Å². The molecule has 0 bridgehead atoms. The van der Waals surface area contributed by atoms with Gasteiger partial charge in [0.15, 0.2) is 0 Å². The van der Waals surface area contributed by atoms with Gasteiger partial charge in [0, 0.05) is 24.3 Å². The number of hydrogen-bond acceptors (Lipinski definition) is 6. The number of nitrogens with zero attached hydrogens (tertiary/aromatic N) is 3. The zero-order valence-electron chi connectivity index (χ0n) is 21.8. The normalized spacial score (nSPS) is 16.3. The largest absolute Gasteiger partial charge is 0.444 e. The highest BCUT2D eigenvalue weighted by molar-refractivity contribution is 6.30. The minimum Gasteiger partial charge on any atom is -0.444 e. The van der Waals surface area contributed by atoms with Crippen molar-refractivity contribution in [1.29, 1.82) is 0 Å². The molecule has 1 fully saturated rings. The van der Waals surface area contributed by atoms with Crippen LogP contribution in [0, 0.1) is 0 Å². The Morgan fingerprint density at radius 2 is 1.86 bits per heavy atom. The molecule has 9 nitrogen and oxygen atoms in total. The summed E-state index contributed by atoms with van der Waals surface area (Å²) in [5, 5.41) is 7.71. The van der Waals surface area contributed by atoms with E-state index in [0.717, 1.165) is 35.3 Å². The second-order valence-electron chi connectivity index (χ2n) is 10.5. The lowest BCUT2D eigenvalue weighted by atomic mass is 9.85. The molecule has 2 aromatic heterocycles. The lowest BCUT2D eigenvalue weighted by Gasteiger charge is -2.42. The van der Waals surface area contributed by atoms with Crippen LogP contribution in [-0.4, -0.2) is 51.2 Å². The number of H-pyrrole nitrogens is 1. The first kappa shape index (κ1) is 26.7. The molecular weight excluding hydrogens is 492 g/mol. The molecule has 10 heteroatoms. The number of alkyl carbamates (subject to hydrolysis) is 1. The van der Waals surface area contributed by atoms with Crippen LogP contribution in [0.3, 0.4) is 0 Å². The number of carbonyl (C=O) groups excluding carboxylic acids is 2. The monoisotopic (exact) mass is 526 g/mol. The first-order valence-electron chi connectivity index (χ1n) is 12.7. The topological polar surface area (TPSA) is 112 Å². The molecule has 3 heterocycles. The van der Waals surface area contributed by atoms with E-state index in [9.17, 15) is 9.59 Å². The molecule has 1 aliphatic heterocycles. The van der Waals surface area contributed by atoms with Crippen molar-refractivity contribution in [3.63, 3.8) is 0 Å². The minimum atomic E-state index is -1.12.